The Morgan fingerprint density at radius 1 is 0.897 bits per heavy atom. The van der Waals surface area contributed by atoms with Gasteiger partial charge < -0.3 is 4.90 Å². The van der Waals surface area contributed by atoms with Crippen LogP contribution in [0.3, 0.4) is 0 Å². The first-order valence-corrected chi connectivity index (χ1v) is 10.4. The summed E-state index contributed by atoms with van der Waals surface area (Å²) < 4.78 is 1.85. The second-order valence-electron chi connectivity index (χ2n) is 7.22. The number of nitrogens with zero attached hydrogens (tertiary/aromatic N) is 4. The van der Waals surface area contributed by atoms with Gasteiger partial charge in [-0.15, -0.1) is 0 Å². The van der Waals surface area contributed by atoms with Crippen molar-refractivity contribution in [1.29, 1.82) is 0 Å². The van der Waals surface area contributed by atoms with Crippen molar-refractivity contribution < 1.29 is 4.79 Å². The summed E-state index contributed by atoms with van der Waals surface area (Å²) in [5, 5.41) is 5.38. The van der Waals surface area contributed by atoms with Crippen molar-refractivity contribution in [2.24, 2.45) is 0 Å². The molecule has 0 saturated carbocycles. The largest absolute Gasteiger partial charge is 0.336 e. The van der Waals surface area contributed by atoms with Gasteiger partial charge in [0.15, 0.2) is 0 Å². The summed E-state index contributed by atoms with van der Waals surface area (Å²) in [4.78, 5) is 17.2. The Labute approximate surface area is 180 Å². The molecule has 0 radical (unpaired) electrons. The quantitative estimate of drug-likeness (QED) is 0.611. The van der Waals surface area contributed by atoms with Crippen LogP contribution in [-0.4, -0.2) is 51.7 Å². The van der Waals surface area contributed by atoms with Crippen molar-refractivity contribution in [2.75, 3.05) is 26.2 Å². The summed E-state index contributed by atoms with van der Waals surface area (Å²) in [5.41, 5.74) is 2.93. The minimum Gasteiger partial charge on any atom is -0.336 e. The van der Waals surface area contributed by atoms with Crippen LogP contribution < -0.4 is 0 Å². The first kappa shape index (κ1) is 20.0. The molecule has 3 aromatic rings. The van der Waals surface area contributed by atoms with Gasteiger partial charge in [0.1, 0.15) is 0 Å². The fraction of sp³-hybridized carbons (Fsp3) is 0.273. The molecule has 1 aliphatic heterocycles. The summed E-state index contributed by atoms with van der Waals surface area (Å²) in [7, 11) is 0. The molecular formula is C22H22Cl2N4O. The number of aromatic nitrogens is 2. The molecule has 1 saturated heterocycles. The van der Waals surface area contributed by atoms with Crippen LogP contribution in [0.4, 0.5) is 0 Å². The lowest BCUT2D eigenvalue weighted by Crippen LogP contribution is -2.48. The van der Waals surface area contributed by atoms with E-state index in [1.807, 2.05) is 64.3 Å². The van der Waals surface area contributed by atoms with Crippen LogP contribution in [0.1, 0.15) is 21.5 Å². The summed E-state index contributed by atoms with van der Waals surface area (Å²) in [6.45, 7) is 4.55. The third kappa shape index (κ3) is 4.99. The highest BCUT2D eigenvalue weighted by molar-refractivity contribution is 6.42. The Kier molecular flexibility index (Phi) is 6.19. The predicted molar refractivity (Wildman–Crippen MR) is 115 cm³/mol. The number of carbonyl (C=O) groups excluding carboxylic acids is 1. The molecular weight excluding hydrogens is 407 g/mol. The van der Waals surface area contributed by atoms with E-state index < -0.39 is 0 Å². The van der Waals surface area contributed by atoms with Gasteiger partial charge in [-0.25, -0.2) is 0 Å². The van der Waals surface area contributed by atoms with E-state index in [4.69, 9.17) is 23.2 Å². The normalized spacial score (nSPS) is 14.9. The fourth-order valence-corrected chi connectivity index (χ4v) is 3.89. The van der Waals surface area contributed by atoms with Gasteiger partial charge >= 0.3 is 0 Å². The standard InChI is InChI=1S/C22H22Cl2N4O/c23-20-6-5-18(14-21(20)24)15-26-9-11-27(12-10-26)22(29)19-4-1-3-17(13-19)16-28-8-2-7-25-28/h1-8,13-14H,9-12,15-16H2. The van der Waals surface area contributed by atoms with Gasteiger partial charge in [0.05, 0.1) is 16.6 Å². The van der Waals surface area contributed by atoms with Crippen LogP contribution in [0, 0.1) is 0 Å². The molecule has 0 atom stereocenters. The molecule has 1 aliphatic rings. The summed E-state index contributed by atoms with van der Waals surface area (Å²) in [6, 6.07) is 15.4. The summed E-state index contributed by atoms with van der Waals surface area (Å²) >= 11 is 12.1. The van der Waals surface area contributed by atoms with Crippen molar-refractivity contribution in [2.45, 2.75) is 13.1 Å². The van der Waals surface area contributed by atoms with Gasteiger partial charge in [0, 0.05) is 50.7 Å². The van der Waals surface area contributed by atoms with Crippen LogP contribution in [0.5, 0.6) is 0 Å². The van der Waals surface area contributed by atoms with Crippen molar-refractivity contribution in [1.82, 2.24) is 19.6 Å². The van der Waals surface area contributed by atoms with E-state index in [9.17, 15) is 4.79 Å². The zero-order valence-electron chi connectivity index (χ0n) is 16.0. The van der Waals surface area contributed by atoms with Gasteiger partial charge in [0.2, 0.25) is 0 Å². The molecule has 29 heavy (non-hydrogen) atoms. The highest BCUT2D eigenvalue weighted by Crippen LogP contribution is 2.23. The van der Waals surface area contributed by atoms with E-state index >= 15 is 0 Å². The number of hydrogen-bond donors (Lipinski definition) is 0. The Morgan fingerprint density at radius 2 is 1.69 bits per heavy atom. The molecule has 1 amide bonds. The number of amides is 1. The van der Waals surface area contributed by atoms with Crippen LogP contribution in [0.2, 0.25) is 10.0 Å². The highest BCUT2D eigenvalue weighted by atomic mass is 35.5. The summed E-state index contributed by atoms with van der Waals surface area (Å²) in [5.74, 6) is 0.0847. The zero-order chi connectivity index (χ0) is 20.2. The van der Waals surface area contributed by atoms with Gasteiger partial charge in [-0.3, -0.25) is 14.4 Å². The number of benzene rings is 2. The average Bonchev–Trinajstić information content (AvgIpc) is 3.24. The first-order chi connectivity index (χ1) is 14.1. The molecule has 4 rings (SSSR count). The minimum atomic E-state index is 0.0847. The topological polar surface area (TPSA) is 41.4 Å². The molecule has 0 unspecified atom stereocenters. The van der Waals surface area contributed by atoms with Gasteiger partial charge in [-0.05, 0) is 41.5 Å². The number of carbonyl (C=O) groups is 1. The lowest BCUT2D eigenvalue weighted by atomic mass is 10.1. The van der Waals surface area contributed by atoms with E-state index in [1.165, 1.54) is 0 Å². The van der Waals surface area contributed by atoms with Crippen molar-refractivity contribution >= 4 is 29.1 Å². The van der Waals surface area contributed by atoms with E-state index in [1.54, 1.807) is 6.20 Å². The highest BCUT2D eigenvalue weighted by Gasteiger charge is 2.22. The van der Waals surface area contributed by atoms with Crippen LogP contribution >= 0.6 is 23.2 Å². The molecule has 2 heterocycles. The molecule has 0 aliphatic carbocycles. The average molecular weight is 429 g/mol. The Morgan fingerprint density at radius 3 is 2.41 bits per heavy atom. The molecule has 0 N–H and O–H groups in total. The van der Waals surface area contributed by atoms with Gasteiger partial charge in [-0.2, -0.15) is 5.10 Å². The molecule has 7 heteroatoms. The Balaban J connectivity index is 1.34. The Hall–Kier alpha value is -2.34. The smallest absolute Gasteiger partial charge is 0.253 e. The van der Waals surface area contributed by atoms with Crippen LogP contribution in [0.15, 0.2) is 60.9 Å². The van der Waals surface area contributed by atoms with Crippen LogP contribution in [-0.2, 0) is 13.1 Å². The summed E-state index contributed by atoms with van der Waals surface area (Å²) in [6.07, 6.45) is 3.67. The van der Waals surface area contributed by atoms with Crippen molar-refractivity contribution in [3.63, 3.8) is 0 Å². The fourth-order valence-electron chi connectivity index (χ4n) is 3.57. The number of hydrogen-bond acceptors (Lipinski definition) is 3. The third-order valence-corrected chi connectivity index (χ3v) is 5.87. The minimum absolute atomic E-state index is 0.0847. The Bertz CT molecular complexity index is 982. The monoisotopic (exact) mass is 428 g/mol. The molecule has 0 bridgehead atoms. The molecule has 5 nitrogen and oxygen atoms in total. The van der Waals surface area contributed by atoms with Gasteiger partial charge in [0.25, 0.3) is 5.91 Å². The van der Waals surface area contributed by atoms with E-state index in [-0.39, 0.29) is 5.91 Å². The third-order valence-electron chi connectivity index (χ3n) is 5.13. The molecule has 150 valence electrons. The molecule has 2 aromatic carbocycles. The van der Waals surface area contributed by atoms with Crippen molar-refractivity contribution in [3.05, 3.63) is 87.7 Å². The van der Waals surface area contributed by atoms with E-state index in [0.717, 1.165) is 36.3 Å². The van der Waals surface area contributed by atoms with E-state index in [2.05, 4.69) is 10.00 Å². The molecule has 1 fully saturated rings. The zero-order valence-corrected chi connectivity index (χ0v) is 17.5. The van der Waals surface area contributed by atoms with Crippen LogP contribution in [0.25, 0.3) is 0 Å². The number of halogens is 2. The number of piperazine rings is 1. The second-order valence-corrected chi connectivity index (χ2v) is 8.04. The van der Waals surface area contributed by atoms with Gasteiger partial charge in [-0.1, -0.05) is 41.4 Å². The first-order valence-electron chi connectivity index (χ1n) is 9.60. The SMILES string of the molecule is O=C(c1cccc(Cn2cccn2)c1)N1CCN(Cc2ccc(Cl)c(Cl)c2)CC1. The van der Waals surface area contributed by atoms with E-state index in [0.29, 0.717) is 29.7 Å². The lowest BCUT2D eigenvalue weighted by molar-refractivity contribution is 0.0628. The predicted octanol–water partition coefficient (Wildman–Crippen LogP) is 4.20. The lowest BCUT2D eigenvalue weighted by Gasteiger charge is -2.35. The molecule has 0 spiro atoms. The second kappa shape index (κ2) is 8.99. The maximum absolute atomic E-state index is 13.0. The maximum Gasteiger partial charge on any atom is 0.253 e. The molecule has 1 aromatic heterocycles. The maximum atomic E-state index is 13.0. The van der Waals surface area contributed by atoms with Crippen molar-refractivity contribution in [3.8, 4) is 0 Å². The number of rotatable bonds is 5.